The topological polar surface area (TPSA) is 47.6 Å². The average Bonchev–Trinajstić information content (AvgIpc) is 2.60. The van der Waals surface area contributed by atoms with Gasteiger partial charge in [0.15, 0.2) is 0 Å². The van der Waals surface area contributed by atoms with Gasteiger partial charge in [-0.25, -0.2) is 0 Å². The average molecular weight is 311 g/mol. The molecular weight excluding hydrogens is 290 g/mol. The highest BCUT2D eigenvalue weighted by Gasteiger charge is 2.21. The van der Waals surface area contributed by atoms with Crippen LogP contribution in [-0.2, 0) is 11.2 Å². The van der Waals surface area contributed by atoms with Gasteiger partial charge in [0.2, 0.25) is 5.91 Å². The summed E-state index contributed by atoms with van der Waals surface area (Å²) in [7, 11) is 1.62. The molecule has 0 spiro atoms. The van der Waals surface area contributed by atoms with Gasteiger partial charge in [-0.15, -0.1) is 0 Å². The monoisotopic (exact) mass is 311 g/mol. The molecule has 0 aromatic heterocycles. The second-order valence-electron chi connectivity index (χ2n) is 5.66. The van der Waals surface area contributed by atoms with Gasteiger partial charge < -0.3 is 14.8 Å². The van der Waals surface area contributed by atoms with Crippen LogP contribution in [0.25, 0.3) is 0 Å². The number of carbonyl (C=O) groups is 1. The van der Waals surface area contributed by atoms with Crippen molar-refractivity contribution in [2.24, 2.45) is 0 Å². The first-order valence-electron chi connectivity index (χ1n) is 7.88. The Morgan fingerprint density at radius 3 is 2.87 bits per heavy atom. The number of nitrogens with one attached hydrogen (secondary N) is 1. The minimum atomic E-state index is 0.0125. The Morgan fingerprint density at radius 1 is 1.22 bits per heavy atom. The van der Waals surface area contributed by atoms with Gasteiger partial charge in [0.25, 0.3) is 0 Å². The molecule has 1 unspecified atom stereocenters. The molecule has 0 saturated heterocycles. The second-order valence-corrected chi connectivity index (χ2v) is 5.66. The SMILES string of the molecule is COc1ccccc1CC(=O)NCC1CCOc2ccccc21. The molecule has 3 rings (SSSR count). The van der Waals surface area contributed by atoms with Crippen LogP contribution in [0.5, 0.6) is 11.5 Å². The Kier molecular flexibility index (Phi) is 4.81. The highest BCUT2D eigenvalue weighted by atomic mass is 16.5. The Labute approximate surface area is 136 Å². The van der Waals surface area contributed by atoms with E-state index in [4.69, 9.17) is 9.47 Å². The summed E-state index contributed by atoms with van der Waals surface area (Å²) in [6.07, 6.45) is 1.25. The zero-order valence-corrected chi connectivity index (χ0v) is 13.2. The zero-order chi connectivity index (χ0) is 16.1. The summed E-state index contributed by atoms with van der Waals surface area (Å²) in [5.41, 5.74) is 2.08. The number of benzene rings is 2. The molecule has 4 heteroatoms. The molecule has 2 aromatic carbocycles. The summed E-state index contributed by atoms with van der Waals surface area (Å²) < 4.78 is 10.9. The van der Waals surface area contributed by atoms with Gasteiger partial charge in [0.05, 0.1) is 20.1 Å². The van der Waals surface area contributed by atoms with E-state index in [0.29, 0.717) is 25.5 Å². The van der Waals surface area contributed by atoms with E-state index in [1.165, 1.54) is 5.56 Å². The number of hydrogen-bond donors (Lipinski definition) is 1. The van der Waals surface area contributed by atoms with Gasteiger partial charge >= 0.3 is 0 Å². The largest absolute Gasteiger partial charge is 0.496 e. The predicted molar refractivity (Wildman–Crippen MR) is 89.0 cm³/mol. The molecule has 0 radical (unpaired) electrons. The third-order valence-corrected chi connectivity index (χ3v) is 4.17. The summed E-state index contributed by atoms with van der Waals surface area (Å²) in [4.78, 5) is 12.2. The fourth-order valence-corrected chi connectivity index (χ4v) is 2.95. The first-order valence-corrected chi connectivity index (χ1v) is 7.88. The molecule has 2 aromatic rings. The predicted octanol–water partition coefficient (Wildman–Crippen LogP) is 2.92. The van der Waals surface area contributed by atoms with E-state index in [0.717, 1.165) is 23.5 Å². The van der Waals surface area contributed by atoms with Crippen LogP contribution in [-0.4, -0.2) is 26.2 Å². The summed E-state index contributed by atoms with van der Waals surface area (Å²) in [6.45, 7) is 1.33. The molecule has 1 heterocycles. The quantitative estimate of drug-likeness (QED) is 0.923. The van der Waals surface area contributed by atoms with Crippen LogP contribution in [0.2, 0.25) is 0 Å². The van der Waals surface area contributed by atoms with E-state index in [1.807, 2.05) is 42.5 Å². The van der Waals surface area contributed by atoms with Crippen molar-refractivity contribution in [2.75, 3.05) is 20.3 Å². The van der Waals surface area contributed by atoms with Gasteiger partial charge in [-0.05, 0) is 24.1 Å². The molecule has 4 nitrogen and oxygen atoms in total. The Morgan fingerprint density at radius 2 is 2.00 bits per heavy atom. The summed E-state index contributed by atoms with van der Waals surface area (Å²) >= 11 is 0. The Hall–Kier alpha value is -2.49. The first kappa shape index (κ1) is 15.4. The van der Waals surface area contributed by atoms with Crippen LogP contribution >= 0.6 is 0 Å². The highest BCUT2D eigenvalue weighted by Crippen LogP contribution is 2.32. The van der Waals surface area contributed by atoms with E-state index < -0.39 is 0 Å². The third-order valence-electron chi connectivity index (χ3n) is 4.17. The number of methoxy groups -OCH3 is 1. The number of ether oxygens (including phenoxy) is 2. The second kappa shape index (κ2) is 7.18. The number of fused-ring (bicyclic) bond motifs is 1. The first-order chi connectivity index (χ1) is 11.3. The molecule has 0 bridgehead atoms. The maximum atomic E-state index is 12.2. The number of amides is 1. The van der Waals surface area contributed by atoms with E-state index in [9.17, 15) is 4.79 Å². The minimum Gasteiger partial charge on any atom is -0.496 e. The van der Waals surface area contributed by atoms with Crippen molar-refractivity contribution in [3.8, 4) is 11.5 Å². The molecule has 0 fully saturated rings. The Balaban J connectivity index is 1.60. The van der Waals surface area contributed by atoms with Crippen molar-refractivity contribution in [3.05, 3.63) is 59.7 Å². The smallest absolute Gasteiger partial charge is 0.224 e. The molecule has 0 saturated carbocycles. The van der Waals surface area contributed by atoms with Crippen molar-refractivity contribution in [3.63, 3.8) is 0 Å². The fraction of sp³-hybridized carbons (Fsp3) is 0.316. The van der Waals surface area contributed by atoms with E-state index >= 15 is 0 Å². The summed E-state index contributed by atoms with van der Waals surface area (Å²) in [5.74, 6) is 2.00. The highest BCUT2D eigenvalue weighted by molar-refractivity contribution is 5.79. The number of carbonyl (C=O) groups excluding carboxylic acids is 1. The molecule has 23 heavy (non-hydrogen) atoms. The van der Waals surface area contributed by atoms with Crippen LogP contribution < -0.4 is 14.8 Å². The van der Waals surface area contributed by atoms with Crippen LogP contribution in [0.4, 0.5) is 0 Å². The van der Waals surface area contributed by atoms with E-state index in [2.05, 4.69) is 11.4 Å². The lowest BCUT2D eigenvalue weighted by Gasteiger charge is -2.26. The van der Waals surface area contributed by atoms with Crippen molar-refractivity contribution < 1.29 is 14.3 Å². The van der Waals surface area contributed by atoms with Crippen molar-refractivity contribution in [1.29, 1.82) is 0 Å². The minimum absolute atomic E-state index is 0.0125. The zero-order valence-electron chi connectivity index (χ0n) is 13.2. The number of rotatable bonds is 5. The molecule has 0 aliphatic carbocycles. The normalized spacial score (nSPS) is 16.1. The number of hydrogen-bond acceptors (Lipinski definition) is 3. The van der Waals surface area contributed by atoms with Gasteiger partial charge in [-0.2, -0.15) is 0 Å². The molecule has 120 valence electrons. The molecule has 1 atom stereocenters. The summed E-state index contributed by atoms with van der Waals surface area (Å²) in [5, 5.41) is 3.04. The maximum absolute atomic E-state index is 12.2. The van der Waals surface area contributed by atoms with Gasteiger partial charge in [0.1, 0.15) is 11.5 Å². The lowest BCUT2D eigenvalue weighted by Crippen LogP contribution is -2.31. The molecular formula is C19H21NO3. The maximum Gasteiger partial charge on any atom is 0.224 e. The van der Waals surface area contributed by atoms with Gasteiger partial charge in [0, 0.05) is 18.0 Å². The van der Waals surface area contributed by atoms with Crippen molar-refractivity contribution >= 4 is 5.91 Å². The summed E-state index contributed by atoms with van der Waals surface area (Å²) in [6, 6.07) is 15.7. The van der Waals surface area contributed by atoms with Gasteiger partial charge in [-0.3, -0.25) is 4.79 Å². The molecule has 1 aliphatic heterocycles. The van der Waals surface area contributed by atoms with Crippen molar-refractivity contribution in [2.45, 2.75) is 18.8 Å². The standard InChI is InChI=1S/C19H21NO3/c1-22-17-8-4-2-6-14(17)12-19(21)20-13-15-10-11-23-18-9-5-3-7-16(15)18/h2-9,15H,10-13H2,1H3,(H,20,21). The van der Waals surface area contributed by atoms with Crippen LogP contribution in [0.15, 0.2) is 48.5 Å². The van der Waals surface area contributed by atoms with Crippen LogP contribution in [0, 0.1) is 0 Å². The fourth-order valence-electron chi connectivity index (χ4n) is 2.95. The molecule has 1 amide bonds. The lowest BCUT2D eigenvalue weighted by molar-refractivity contribution is -0.120. The van der Waals surface area contributed by atoms with Crippen LogP contribution in [0.1, 0.15) is 23.5 Å². The van der Waals surface area contributed by atoms with Crippen molar-refractivity contribution in [1.82, 2.24) is 5.32 Å². The van der Waals surface area contributed by atoms with Gasteiger partial charge in [-0.1, -0.05) is 36.4 Å². The van der Waals surface area contributed by atoms with Crippen LogP contribution in [0.3, 0.4) is 0 Å². The number of para-hydroxylation sites is 2. The Bertz CT molecular complexity index is 684. The van der Waals surface area contributed by atoms with E-state index in [1.54, 1.807) is 7.11 Å². The molecule has 1 aliphatic rings. The third kappa shape index (κ3) is 3.65. The lowest BCUT2D eigenvalue weighted by atomic mass is 9.93. The van der Waals surface area contributed by atoms with E-state index in [-0.39, 0.29) is 5.91 Å². The molecule has 1 N–H and O–H groups in total.